The first kappa shape index (κ1) is 41.4. The van der Waals surface area contributed by atoms with E-state index in [9.17, 15) is 28.8 Å². The molecule has 0 aliphatic heterocycles. The fourth-order valence-electron chi connectivity index (χ4n) is 5.39. The average Bonchev–Trinajstić information content (AvgIpc) is 3.05. The lowest BCUT2D eigenvalue weighted by molar-refractivity contribution is -0.135. The number of carbonyl (C=O) groups is 6. The molecule has 274 valence electrons. The summed E-state index contributed by atoms with van der Waals surface area (Å²) in [5, 5.41) is 13.7. The van der Waals surface area contributed by atoms with Crippen molar-refractivity contribution >= 4 is 35.4 Å². The summed E-state index contributed by atoms with van der Waals surface area (Å²) in [7, 11) is 0. The second kappa shape index (κ2) is 20.7. The second-order valence-electron chi connectivity index (χ2n) is 13.8. The molecule has 13 heteroatoms. The number of hydrogen-bond donors (Lipinski definition) is 7. The maximum absolute atomic E-state index is 14.0. The Morgan fingerprint density at radius 1 is 0.540 bits per heavy atom. The van der Waals surface area contributed by atoms with Crippen molar-refractivity contribution in [2.45, 2.75) is 97.4 Å². The Hall–Kier alpha value is -4.78. The van der Waals surface area contributed by atoms with Gasteiger partial charge in [-0.2, -0.15) is 0 Å². The number of amides is 6. The average molecular weight is 694 g/mol. The van der Waals surface area contributed by atoms with Crippen molar-refractivity contribution in [1.29, 1.82) is 0 Å². The highest BCUT2D eigenvalue weighted by atomic mass is 16.2. The molecule has 9 N–H and O–H groups in total. The highest BCUT2D eigenvalue weighted by Gasteiger charge is 2.34. The highest BCUT2D eigenvalue weighted by Crippen LogP contribution is 2.12. The molecule has 5 atom stereocenters. The summed E-state index contributed by atoms with van der Waals surface area (Å²) in [6, 6.07) is 12.9. The maximum Gasteiger partial charge on any atom is 0.243 e. The lowest BCUT2D eigenvalue weighted by Gasteiger charge is -2.29. The molecular weight excluding hydrogens is 638 g/mol. The van der Waals surface area contributed by atoms with Crippen molar-refractivity contribution in [3.8, 4) is 0 Å². The number of benzene rings is 2. The van der Waals surface area contributed by atoms with Crippen LogP contribution in [0.5, 0.6) is 0 Å². The molecule has 6 amide bonds. The van der Waals surface area contributed by atoms with Gasteiger partial charge >= 0.3 is 0 Å². The zero-order valence-electron chi connectivity index (χ0n) is 30.0. The Labute approximate surface area is 295 Å². The van der Waals surface area contributed by atoms with Gasteiger partial charge in [0.05, 0.1) is 6.54 Å². The smallest absolute Gasteiger partial charge is 0.243 e. The molecular formula is C37H55N7O6. The summed E-state index contributed by atoms with van der Waals surface area (Å²) in [6.07, 6.45) is 0.822. The van der Waals surface area contributed by atoms with Gasteiger partial charge in [0.2, 0.25) is 35.4 Å². The van der Waals surface area contributed by atoms with E-state index in [-0.39, 0.29) is 31.2 Å². The van der Waals surface area contributed by atoms with E-state index in [4.69, 9.17) is 11.5 Å². The minimum absolute atomic E-state index is 0.0544. The molecule has 13 nitrogen and oxygen atoms in total. The minimum atomic E-state index is -1.15. The van der Waals surface area contributed by atoms with Crippen LogP contribution in [0.2, 0.25) is 0 Å². The molecule has 0 heterocycles. The summed E-state index contributed by atoms with van der Waals surface area (Å²) < 4.78 is 0. The van der Waals surface area contributed by atoms with Gasteiger partial charge in [-0.25, -0.2) is 0 Å². The standard InChI is InChI=1S/C37H55N7O6/c1-22(2)17-27(33(39)46)41-34(47)29(19-25-13-9-7-10-14-25)42-35(48)30(20-26-15-11-8-12-16-26)43-37(50)32(24(5)6)44-36(49)28(18-23(3)4)40-31(45)21-38/h7-16,22-24,27-30,32H,17-21,38H2,1-6H3,(H2,39,46)(H,40,45)(H,41,47)(H,42,48)(H,43,50)(H,44,49)/t27-,28-,29-,30-,32-/m1/s1. The number of nitrogens with one attached hydrogen (secondary N) is 5. The van der Waals surface area contributed by atoms with Crippen LogP contribution >= 0.6 is 0 Å². The van der Waals surface area contributed by atoms with Crippen LogP contribution in [0.15, 0.2) is 60.7 Å². The van der Waals surface area contributed by atoms with E-state index in [1.807, 2.05) is 76.2 Å². The number of nitrogens with two attached hydrogens (primary N) is 2. The van der Waals surface area contributed by atoms with Crippen LogP contribution in [0.4, 0.5) is 0 Å². The Morgan fingerprint density at radius 3 is 1.34 bits per heavy atom. The van der Waals surface area contributed by atoms with Crippen molar-refractivity contribution in [2.75, 3.05) is 6.54 Å². The largest absolute Gasteiger partial charge is 0.368 e. The second-order valence-corrected chi connectivity index (χ2v) is 13.8. The summed E-state index contributed by atoms with van der Waals surface area (Å²) in [6.45, 7) is 10.8. The van der Waals surface area contributed by atoms with Gasteiger partial charge in [-0.3, -0.25) is 28.8 Å². The van der Waals surface area contributed by atoms with Gasteiger partial charge in [-0.15, -0.1) is 0 Å². The molecule has 0 spiro atoms. The Morgan fingerprint density at radius 2 is 0.940 bits per heavy atom. The first-order valence-corrected chi connectivity index (χ1v) is 17.2. The van der Waals surface area contributed by atoms with Crippen LogP contribution in [-0.4, -0.2) is 72.2 Å². The fraction of sp³-hybridized carbons (Fsp3) is 0.514. The molecule has 0 aliphatic carbocycles. The maximum atomic E-state index is 14.0. The highest BCUT2D eigenvalue weighted by molar-refractivity contribution is 5.96. The Balaban J connectivity index is 2.39. The van der Waals surface area contributed by atoms with E-state index in [2.05, 4.69) is 26.6 Å². The lowest BCUT2D eigenvalue weighted by atomic mass is 9.98. The number of hydrogen-bond acceptors (Lipinski definition) is 7. The molecule has 2 rings (SSSR count). The normalized spacial score (nSPS) is 14.2. The van der Waals surface area contributed by atoms with Crippen LogP contribution < -0.4 is 38.1 Å². The third kappa shape index (κ3) is 14.4. The van der Waals surface area contributed by atoms with Crippen molar-refractivity contribution < 1.29 is 28.8 Å². The predicted octanol–water partition coefficient (Wildman–Crippen LogP) is 1.09. The predicted molar refractivity (Wildman–Crippen MR) is 192 cm³/mol. The summed E-state index contributed by atoms with van der Waals surface area (Å²) in [4.78, 5) is 79.1. The first-order chi connectivity index (χ1) is 23.6. The molecule has 2 aromatic rings. The first-order valence-electron chi connectivity index (χ1n) is 17.2. The van der Waals surface area contributed by atoms with Crippen molar-refractivity contribution in [1.82, 2.24) is 26.6 Å². The molecule has 0 aliphatic rings. The van der Waals surface area contributed by atoms with E-state index in [1.54, 1.807) is 26.0 Å². The molecule has 50 heavy (non-hydrogen) atoms. The van der Waals surface area contributed by atoms with Gasteiger partial charge in [0.25, 0.3) is 0 Å². The van der Waals surface area contributed by atoms with Gasteiger partial charge in [0.15, 0.2) is 0 Å². The molecule has 0 unspecified atom stereocenters. The quantitative estimate of drug-likeness (QED) is 0.107. The van der Waals surface area contributed by atoms with E-state index in [0.717, 1.165) is 11.1 Å². The number of carbonyl (C=O) groups excluding carboxylic acids is 6. The molecule has 0 saturated carbocycles. The van der Waals surface area contributed by atoms with Crippen molar-refractivity contribution in [3.63, 3.8) is 0 Å². The minimum Gasteiger partial charge on any atom is -0.368 e. The van der Waals surface area contributed by atoms with E-state index in [0.29, 0.717) is 12.8 Å². The van der Waals surface area contributed by atoms with Crippen LogP contribution in [0, 0.1) is 17.8 Å². The lowest BCUT2D eigenvalue weighted by Crippen LogP contribution is -2.60. The zero-order chi connectivity index (χ0) is 37.4. The third-order valence-electron chi connectivity index (χ3n) is 7.99. The fourth-order valence-corrected chi connectivity index (χ4v) is 5.39. The summed E-state index contributed by atoms with van der Waals surface area (Å²) >= 11 is 0. The van der Waals surface area contributed by atoms with Gasteiger partial charge < -0.3 is 38.1 Å². The van der Waals surface area contributed by atoms with Gasteiger partial charge in [0.1, 0.15) is 30.2 Å². The Bertz CT molecular complexity index is 1420. The number of rotatable bonds is 20. The van der Waals surface area contributed by atoms with E-state index >= 15 is 0 Å². The van der Waals surface area contributed by atoms with E-state index in [1.165, 1.54) is 0 Å². The van der Waals surface area contributed by atoms with Crippen molar-refractivity contribution in [2.24, 2.45) is 29.2 Å². The molecule has 2 aromatic carbocycles. The molecule has 0 radical (unpaired) electrons. The number of primary amides is 1. The summed E-state index contributed by atoms with van der Waals surface area (Å²) in [5.74, 6) is -3.88. The van der Waals surface area contributed by atoms with Crippen molar-refractivity contribution in [3.05, 3.63) is 71.8 Å². The third-order valence-corrected chi connectivity index (χ3v) is 7.99. The monoisotopic (exact) mass is 693 g/mol. The molecule has 0 aromatic heterocycles. The van der Waals surface area contributed by atoms with Crippen LogP contribution in [-0.2, 0) is 41.6 Å². The van der Waals surface area contributed by atoms with Gasteiger partial charge in [0, 0.05) is 12.8 Å². The van der Waals surface area contributed by atoms with Crippen LogP contribution in [0.1, 0.15) is 65.5 Å². The van der Waals surface area contributed by atoms with E-state index < -0.39 is 71.6 Å². The van der Waals surface area contributed by atoms with Crippen LogP contribution in [0.3, 0.4) is 0 Å². The molecule has 0 fully saturated rings. The van der Waals surface area contributed by atoms with Crippen LogP contribution in [0.25, 0.3) is 0 Å². The van der Waals surface area contributed by atoms with Gasteiger partial charge in [-0.05, 0) is 41.7 Å². The molecule has 0 bridgehead atoms. The topological polar surface area (TPSA) is 215 Å². The SMILES string of the molecule is CC(C)C[C@@H](NC(=O)[C@@H](Cc1ccccc1)NC(=O)[C@@H](Cc1ccccc1)NC(=O)[C@H](NC(=O)[C@@H](CC(C)C)NC(=O)CN)C(C)C)C(N)=O. The zero-order valence-corrected chi connectivity index (χ0v) is 30.0. The summed E-state index contributed by atoms with van der Waals surface area (Å²) in [5.41, 5.74) is 12.6. The van der Waals surface area contributed by atoms with Gasteiger partial charge in [-0.1, -0.05) is 102 Å². The Kier molecular flexibility index (Phi) is 17.1. The molecule has 0 saturated heterocycles.